The number of aliphatic imine (C=N–C) groups is 1. The van der Waals surface area contributed by atoms with Crippen molar-refractivity contribution in [3.63, 3.8) is 0 Å². The van der Waals surface area contributed by atoms with Crippen molar-refractivity contribution in [3.05, 3.63) is 34.4 Å². The lowest BCUT2D eigenvalue weighted by molar-refractivity contribution is -0.384. The molecule has 0 N–H and O–H groups in total. The zero-order valence-corrected chi connectivity index (χ0v) is 11.8. The van der Waals surface area contributed by atoms with Crippen LogP contribution in [0.4, 0.5) is 5.69 Å². The van der Waals surface area contributed by atoms with Crippen LogP contribution >= 0.6 is 0 Å². The molecule has 0 aliphatic carbocycles. The van der Waals surface area contributed by atoms with Gasteiger partial charge in [0.2, 0.25) is 16.1 Å². The average molecular weight is 311 g/mol. The summed E-state index contributed by atoms with van der Waals surface area (Å²) < 4.78 is 26.1. The van der Waals surface area contributed by atoms with Gasteiger partial charge in [0.15, 0.2) is 0 Å². The Balaban J connectivity index is 2.24. The molecular weight excluding hydrogens is 298 g/mol. The van der Waals surface area contributed by atoms with E-state index in [0.29, 0.717) is 19.4 Å². The molecule has 1 aliphatic heterocycles. The monoisotopic (exact) mass is 311 g/mol. The second-order valence-corrected chi connectivity index (χ2v) is 6.57. The molecule has 1 aliphatic rings. The third-order valence-corrected chi connectivity index (χ3v) is 5.16. The van der Waals surface area contributed by atoms with Crippen molar-refractivity contribution in [2.75, 3.05) is 13.1 Å². The lowest BCUT2D eigenvalue weighted by Crippen LogP contribution is -2.41. The number of nitro benzene ring substituents is 1. The first-order valence-electron chi connectivity index (χ1n) is 6.27. The highest BCUT2D eigenvalue weighted by Crippen LogP contribution is 2.23. The zero-order valence-electron chi connectivity index (χ0n) is 11.0. The van der Waals surface area contributed by atoms with Gasteiger partial charge in [-0.05, 0) is 25.0 Å². The Labute approximate surface area is 121 Å². The smallest absolute Gasteiger partial charge is 0.258 e. The first-order valence-corrected chi connectivity index (χ1v) is 7.71. The molecule has 1 aromatic rings. The van der Waals surface area contributed by atoms with Crippen molar-refractivity contribution < 1.29 is 18.1 Å². The molecule has 1 saturated heterocycles. The van der Waals surface area contributed by atoms with Gasteiger partial charge in [0.25, 0.3) is 5.69 Å². The number of nitro groups is 1. The third-order valence-electron chi connectivity index (χ3n) is 3.28. The second-order valence-electron chi connectivity index (χ2n) is 4.63. The van der Waals surface area contributed by atoms with Crippen LogP contribution in [0.5, 0.6) is 0 Å². The number of non-ortho nitro benzene ring substituents is 1. The Morgan fingerprint density at radius 3 is 2.57 bits per heavy atom. The van der Waals surface area contributed by atoms with Gasteiger partial charge in [-0.1, -0.05) is 0 Å². The van der Waals surface area contributed by atoms with E-state index in [1.165, 1.54) is 22.5 Å². The van der Waals surface area contributed by atoms with Crippen molar-refractivity contribution >= 4 is 21.8 Å². The van der Waals surface area contributed by atoms with E-state index < -0.39 is 14.9 Å². The predicted molar refractivity (Wildman–Crippen MR) is 73.0 cm³/mol. The van der Waals surface area contributed by atoms with E-state index in [-0.39, 0.29) is 23.2 Å². The van der Waals surface area contributed by atoms with Crippen LogP contribution in [0.25, 0.3) is 0 Å². The molecule has 1 atom stereocenters. The number of sulfonamides is 1. The number of carbonyl (C=O) groups excluding carboxylic acids is 1. The van der Waals surface area contributed by atoms with Crippen molar-refractivity contribution in [2.24, 2.45) is 4.99 Å². The van der Waals surface area contributed by atoms with E-state index in [2.05, 4.69) is 4.99 Å². The molecule has 8 nitrogen and oxygen atoms in total. The molecule has 21 heavy (non-hydrogen) atoms. The molecule has 0 aromatic heterocycles. The standard InChI is InChI=1S/C12H13N3O5S/c16-9-13-10-2-1-7-14(8-10)21(19,20)12-5-3-11(4-6-12)15(17)18/h3-6,10H,1-2,7-8H2. The van der Waals surface area contributed by atoms with Gasteiger partial charge in [-0.2, -0.15) is 4.31 Å². The summed E-state index contributed by atoms with van der Waals surface area (Å²) in [6, 6.07) is 4.33. The summed E-state index contributed by atoms with van der Waals surface area (Å²) in [5, 5.41) is 10.6. The molecule has 0 saturated carbocycles. The summed E-state index contributed by atoms with van der Waals surface area (Å²) in [4.78, 5) is 23.8. The maximum absolute atomic E-state index is 12.4. The van der Waals surface area contributed by atoms with E-state index >= 15 is 0 Å². The minimum Gasteiger partial charge on any atom is -0.258 e. The maximum Gasteiger partial charge on any atom is 0.269 e. The first kappa shape index (κ1) is 15.3. The topological polar surface area (TPSA) is 110 Å². The first-order chi connectivity index (χ1) is 9.95. The largest absolute Gasteiger partial charge is 0.269 e. The summed E-state index contributed by atoms with van der Waals surface area (Å²) in [5.41, 5.74) is -0.170. The fraction of sp³-hybridized carbons (Fsp3) is 0.417. The number of hydrogen-bond donors (Lipinski definition) is 0. The van der Waals surface area contributed by atoms with E-state index in [1.54, 1.807) is 0 Å². The number of piperidine rings is 1. The summed E-state index contributed by atoms with van der Waals surface area (Å²) >= 11 is 0. The fourth-order valence-corrected chi connectivity index (χ4v) is 3.72. The summed E-state index contributed by atoms with van der Waals surface area (Å²) in [6.07, 6.45) is 2.69. The Hall–Kier alpha value is -2.09. The molecule has 0 radical (unpaired) electrons. The van der Waals surface area contributed by atoms with Crippen LogP contribution in [0, 0.1) is 10.1 Å². The average Bonchev–Trinajstić information content (AvgIpc) is 2.48. The van der Waals surface area contributed by atoms with Gasteiger partial charge in [0, 0.05) is 25.2 Å². The normalized spacial score (nSPS) is 19.7. The minimum absolute atomic E-state index is 0.0103. The SMILES string of the molecule is O=C=NC1CCCN(S(=O)(=O)c2ccc([N+](=O)[O-])cc2)C1. The molecule has 0 bridgehead atoms. The van der Waals surface area contributed by atoms with E-state index in [9.17, 15) is 23.3 Å². The van der Waals surface area contributed by atoms with Crippen LogP contribution in [0.2, 0.25) is 0 Å². The maximum atomic E-state index is 12.4. The number of nitrogens with zero attached hydrogens (tertiary/aromatic N) is 3. The number of isocyanates is 1. The van der Waals surface area contributed by atoms with Crippen LogP contribution in [0.15, 0.2) is 34.2 Å². The summed E-state index contributed by atoms with van der Waals surface area (Å²) in [6.45, 7) is 0.457. The van der Waals surface area contributed by atoms with Crippen molar-refractivity contribution in [1.29, 1.82) is 0 Å². The Kier molecular flexibility index (Phi) is 4.46. The van der Waals surface area contributed by atoms with Crippen LogP contribution in [0.3, 0.4) is 0 Å². The highest BCUT2D eigenvalue weighted by atomic mass is 32.2. The molecule has 1 fully saturated rings. The Bertz CT molecular complexity index is 679. The molecule has 2 rings (SSSR count). The number of hydrogen-bond acceptors (Lipinski definition) is 6. The summed E-state index contributed by atoms with van der Waals surface area (Å²) in [5.74, 6) is 0. The predicted octanol–water partition coefficient (Wildman–Crippen LogP) is 1.08. The molecule has 112 valence electrons. The van der Waals surface area contributed by atoms with E-state index in [4.69, 9.17) is 0 Å². The fourth-order valence-electron chi connectivity index (χ4n) is 2.21. The molecular formula is C12H13N3O5S. The van der Waals surface area contributed by atoms with E-state index in [1.807, 2.05) is 0 Å². The molecule has 0 spiro atoms. The van der Waals surface area contributed by atoms with Crippen LogP contribution in [0.1, 0.15) is 12.8 Å². The number of benzene rings is 1. The van der Waals surface area contributed by atoms with Crippen LogP contribution in [-0.4, -0.2) is 42.9 Å². The molecule has 1 aromatic carbocycles. The quantitative estimate of drug-likeness (QED) is 0.357. The third kappa shape index (κ3) is 3.33. The highest BCUT2D eigenvalue weighted by Gasteiger charge is 2.30. The van der Waals surface area contributed by atoms with Crippen LogP contribution in [-0.2, 0) is 14.8 Å². The van der Waals surface area contributed by atoms with E-state index in [0.717, 1.165) is 12.1 Å². The molecule has 1 unspecified atom stereocenters. The van der Waals surface area contributed by atoms with Crippen molar-refractivity contribution in [1.82, 2.24) is 4.31 Å². The molecule has 1 heterocycles. The van der Waals surface area contributed by atoms with Gasteiger partial charge in [0.1, 0.15) is 0 Å². The van der Waals surface area contributed by atoms with Crippen LogP contribution < -0.4 is 0 Å². The number of rotatable bonds is 4. The van der Waals surface area contributed by atoms with Gasteiger partial charge in [-0.25, -0.2) is 18.2 Å². The van der Waals surface area contributed by atoms with Crippen molar-refractivity contribution in [3.8, 4) is 0 Å². The summed E-state index contributed by atoms with van der Waals surface area (Å²) in [7, 11) is -3.73. The lowest BCUT2D eigenvalue weighted by atomic mass is 10.1. The Morgan fingerprint density at radius 1 is 1.33 bits per heavy atom. The van der Waals surface area contributed by atoms with Gasteiger partial charge in [-0.3, -0.25) is 10.1 Å². The second kappa shape index (κ2) is 6.13. The van der Waals surface area contributed by atoms with Crippen molar-refractivity contribution in [2.45, 2.75) is 23.8 Å². The molecule has 9 heteroatoms. The lowest BCUT2D eigenvalue weighted by Gasteiger charge is -2.29. The van der Waals surface area contributed by atoms with Gasteiger partial charge >= 0.3 is 0 Å². The molecule has 0 amide bonds. The van der Waals surface area contributed by atoms with Gasteiger partial charge in [0.05, 0.1) is 15.9 Å². The van der Waals surface area contributed by atoms with Gasteiger partial charge in [-0.15, -0.1) is 0 Å². The minimum atomic E-state index is -3.73. The Morgan fingerprint density at radius 2 is 2.00 bits per heavy atom. The highest BCUT2D eigenvalue weighted by molar-refractivity contribution is 7.89. The zero-order chi connectivity index (χ0) is 15.5. The van der Waals surface area contributed by atoms with Gasteiger partial charge < -0.3 is 0 Å².